The lowest BCUT2D eigenvalue weighted by Crippen LogP contribution is -2.28. The molecule has 0 bridgehead atoms. The van der Waals surface area contributed by atoms with Crippen molar-refractivity contribution in [2.75, 3.05) is 33.9 Å². The van der Waals surface area contributed by atoms with Gasteiger partial charge in [-0.15, -0.1) is 22.7 Å². The first-order valence-electron chi connectivity index (χ1n) is 13.4. The van der Waals surface area contributed by atoms with Crippen LogP contribution in [-0.4, -0.2) is 77.8 Å². The predicted octanol–water partition coefficient (Wildman–Crippen LogP) is 5.66. The summed E-state index contributed by atoms with van der Waals surface area (Å²) in [7, 11) is 3.11. The van der Waals surface area contributed by atoms with Gasteiger partial charge in [-0.05, 0) is 47.9 Å². The molecule has 0 atom stereocenters. The highest BCUT2D eigenvalue weighted by atomic mass is 32.1. The summed E-state index contributed by atoms with van der Waals surface area (Å²) in [6, 6.07) is 10.2. The maximum Gasteiger partial charge on any atom is 0.305 e. The minimum Gasteiger partial charge on any atom is -0.504 e. The molecule has 2 aromatic heterocycles. The second-order valence-electron chi connectivity index (χ2n) is 9.71. The van der Waals surface area contributed by atoms with E-state index >= 15 is 0 Å². The summed E-state index contributed by atoms with van der Waals surface area (Å²) in [6.45, 7) is 0.805. The number of hydrogen-bond acceptors (Lipinski definition) is 10. The number of thiophene rings is 2. The third-order valence-corrected chi connectivity index (χ3v) is 8.74. The van der Waals surface area contributed by atoms with E-state index in [1.165, 1.54) is 40.7 Å². The number of phenolic OH excluding ortho intramolecular Hbond substituents is 1. The van der Waals surface area contributed by atoms with Crippen LogP contribution in [0.15, 0.2) is 36.4 Å². The molecule has 11 nitrogen and oxygen atoms in total. The molecule has 4 rings (SSSR count). The number of rotatable bonds is 16. The molecule has 0 spiro atoms. The highest BCUT2D eigenvalue weighted by Gasteiger charge is 2.18. The SMILES string of the molecule is COc1cc2sc(C(=O)N(C)CCC(=O)O)cc2cc1OCCCCOc1cc2cc(C(=O)CCC(=O)O)sc2cc1O. The van der Waals surface area contributed by atoms with E-state index in [2.05, 4.69) is 0 Å². The van der Waals surface area contributed by atoms with Gasteiger partial charge in [0.25, 0.3) is 5.91 Å². The summed E-state index contributed by atoms with van der Waals surface area (Å²) >= 11 is 2.50. The number of carbonyl (C=O) groups is 4. The van der Waals surface area contributed by atoms with Crippen molar-refractivity contribution in [3.63, 3.8) is 0 Å². The van der Waals surface area contributed by atoms with Gasteiger partial charge in [-0.2, -0.15) is 0 Å². The zero-order valence-corrected chi connectivity index (χ0v) is 25.2. The number of aromatic hydroxyl groups is 1. The van der Waals surface area contributed by atoms with Gasteiger partial charge in [0, 0.05) is 41.5 Å². The summed E-state index contributed by atoms with van der Waals surface area (Å²) in [5.74, 6) is -1.20. The minimum absolute atomic E-state index is 0.0464. The quantitative estimate of drug-likeness (QED) is 0.104. The zero-order valence-electron chi connectivity index (χ0n) is 23.6. The average molecular weight is 630 g/mol. The van der Waals surface area contributed by atoms with E-state index in [1.807, 2.05) is 6.07 Å². The lowest BCUT2D eigenvalue weighted by molar-refractivity contribution is -0.138. The number of hydrogen-bond donors (Lipinski definition) is 3. The van der Waals surface area contributed by atoms with Crippen molar-refractivity contribution < 1.29 is 48.7 Å². The van der Waals surface area contributed by atoms with Gasteiger partial charge in [0.05, 0.1) is 42.9 Å². The third kappa shape index (κ3) is 8.14. The monoisotopic (exact) mass is 629 g/mol. The fourth-order valence-electron chi connectivity index (χ4n) is 4.20. The van der Waals surface area contributed by atoms with Crippen LogP contribution in [0.5, 0.6) is 23.0 Å². The summed E-state index contributed by atoms with van der Waals surface area (Å²) in [6.07, 6.45) is 0.830. The van der Waals surface area contributed by atoms with Crippen LogP contribution in [0.4, 0.5) is 0 Å². The van der Waals surface area contributed by atoms with Gasteiger partial charge >= 0.3 is 11.9 Å². The largest absolute Gasteiger partial charge is 0.504 e. The van der Waals surface area contributed by atoms with Gasteiger partial charge in [-0.25, -0.2) is 0 Å². The number of phenols is 1. The number of aliphatic carboxylic acids is 2. The zero-order chi connectivity index (χ0) is 31.1. The van der Waals surface area contributed by atoms with E-state index in [9.17, 15) is 24.3 Å². The van der Waals surface area contributed by atoms with Gasteiger partial charge < -0.3 is 34.4 Å². The number of Topliss-reactive ketones (excluding diaryl/α,β-unsaturated/α-hetero) is 1. The Bertz CT molecular complexity index is 1660. The van der Waals surface area contributed by atoms with E-state index < -0.39 is 11.9 Å². The molecule has 0 radical (unpaired) electrons. The Morgan fingerprint density at radius 1 is 0.744 bits per heavy atom. The van der Waals surface area contributed by atoms with Crippen LogP contribution in [0.3, 0.4) is 0 Å². The molecule has 4 aromatic rings. The third-order valence-electron chi connectivity index (χ3n) is 6.51. The van der Waals surface area contributed by atoms with Gasteiger partial charge in [0.2, 0.25) is 0 Å². The molecule has 228 valence electrons. The van der Waals surface area contributed by atoms with Gasteiger partial charge in [-0.1, -0.05) is 0 Å². The van der Waals surface area contributed by atoms with Crippen molar-refractivity contribution >= 4 is 66.5 Å². The Labute approximate surface area is 254 Å². The standard InChI is InChI=1S/C30H31NO10S2/c1-31(8-7-29(36)37)30(38)27-14-18-12-23(22(39-2)16-25(18)43-27)41-10-4-3-9-40-21-11-17-13-26(19(32)5-6-28(34)35)42-24(17)15-20(21)33/h11-16,33H,3-10H2,1-2H3,(H,34,35)(H,36,37). The van der Waals surface area contributed by atoms with Crippen LogP contribution >= 0.6 is 22.7 Å². The Morgan fingerprint density at radius 2 is 1.33 bits per heavy atom. The molecule has 1 amide bonds. The fraction of sp³-hybridized carbons (Fsp3) is 0.333. The molecular weight excluding hydrogens is 598 g/mol. The van der Waals surface area contributed by atoms with Crippen LogP contribution in [0.25, 0.3) is 20.2 Å². The summed E-state index contributed by atoms with van der Waals surface area (Å²) in [5, 5.41) is 29.6. The molecule has 0 aliphatic heterocycles. The number of methoxy groups -OCH3 is 1. The number of ether oxygens (including phenoxy) is 3. The number of benzene rings is 2. The van der Waals surface area contributed by atoms with E-state index in [0.29, 0.717) is 57.8 Å². The number of carboxylic acids is 2. The Hall–Kier alpha value is -4.36. The van der Waals surface area contributed by atoms with Crippen molar-refractivity contribution in [1.82, 2.24) is 4.90 Å². The van der Waals surface area contributed by atoms with Gasteiger partial charge in [0.1, 0.15) is 0 Å². The first kappa shape index (κ1) is 31.6. The summed E-state index contributed by atoms with van der Waals surface area (Å²) in [4.78, 5) is 48.9. The molecule has 0 unspecified atom stereocenters. The number of amides is 1. The lowest BCUT2D eigenvalue weighted by Gasteiger charge is -2.14. The van der Waals surface area contributed by atoms with Crippen molar-refractivity contribution in [2.24, 2.45) is 0 Å². The Kier molecular flexibility index (Phi) is 10.4. The second kappa shape index (κ2) is 14.2. The number of carbonyl (C=O) groups excluding carboxylic acids is 2. The number of fused-ring (bicyclic) bond motifs is 2. The molecule has 0 aliphatic rings. The van der Waals surface area contributed by atoms with Crippen LogP contribution in [0.2, 0.25) is 0 Å². The van der Waals surface area contributed by atoms with E-state index in [0.717, 1.165) is 15.5 Å². The molecule has 13 heteroatoms. The fourth-order valence-corrected chi connectivity index (χ4v) is 6.31. The normalized spacial score (nSPS) is 11.0. The maximum absolute atomic E-state index is 12.7. The van der Waals surface area contributed by atoms with E-state index in [-0.39, 0.29) is 43.2 Å². The molecular formula is C30H31NO10S2. The van der Waals surface area contributed by atoms with Crippen LogP contribution in [0, 0.1) is 0 Å². The van der Waals surface area contributed by atoms with Gasteiger partial charge in [-0.3, -0.25) is 19.2 Å². The number of carboxylic acid groups (broad SMARTS) is 2. The van der Waals surface area contributed by atoms with Gasteiger partial charge in [0.15, 0.2) is 28.8 Å². The summed E-state index contributed by atoms with van der Waals surface area (Å²) < 4.78 is 18.8. The smallest absolute Gasteiger partial charge is 0.305 e. The highest BCUT2D eigenvalue weighted by Crippen LogP contribution is 2.38. The Balaban J connectivity index is 1.30. The Morgan fingerprint density at radius 3 is 1.98 bits per heavy atom. The molecule has 43 heavy (non-hydrogen) atoms. The van der Waals surface area contributed by atoms with Crippen molar-refractivity contribution in [3.05, 3.63) is 46.2 Å². The average Bonchev–Trinajstić information content (AvgIpc) is 3.58. The minimum atomic E-state index is -1.03. The molecule has 0 saturated heterocycles. The summed E-state index contributed by atoms with van der Waals surface area (Å²) in [5.41, 5.74) is 0. The molecule has 0 fully saturated rings. The van der Waals surface area contributed by atoms with Crippen LogP contribution < -0.4 is 14.2 Å². The number of unbranched alkanes of at least 4 members (excludes halogenated alkanes) is 1. The second-order valence-corrected chi connectivity index (χ2v) is 11.9. The highest BCUT2D eigenvalue weighted by molar-refractivity contribution is 7.21. The van der Waals surface area contributed by atoms with E-state index in [4.69, 9.17) is 24.4 Å². The van der Waals surface area contributed by atoms with Crippen molar-refractivity contribution in [3.8, 4) is 23.0 Å². The van der Waals surface area contributed by atoms with Crippen LogP contribution in [0.1, 0.15) is 51.4 Å². The van der Waals surface area contributed by atoms with Crippen LogP contribution in [-0.2, 0) is 9.59 Å². The topological polar surface area (TPSA) is 160 Å². The first-order chi connectivity index (χ1) is 20.5. The molecule has 2 aromatic carbocycles. The lowest BCUT2D eigenvalue weighted by atomic mass is 10.1. The predicted molar refractivity (Wildman–Crippen MR) is 163 cm³/mol. The first-order valence-corrected chi connectivity index (χ1v) is 15.0. The maximum atomic E-state index is 12.7. The molecule has 0 aliphatic carbocycles. The molecule has 2 heterocycles. The van der Waals surface area contributed by atoms with Crippen molar-refractivity contribution in [2.45, 2.75) is 32.1 Å². The molecule has 0 saturated carbocycles. The number of nitrogens with zero attached hydrogens (tertiary/aromatic N) is 1. The molecule has 3 N–H and O–H groups in total. The number of ketones is 1. The van der Waals surface area contributed by atoms with Crippen molar-refractivity contribution in [1.29, 1.82) is 0 Å². The van der Waals surface area contributed by atoms with E-state index in [1.54, 1.807) is 31.3 Å².